The van der Waals surface area contributed by atoms with Gasteiger partial charge in [-0.2, -0.15) is 0 Å². The Labute approximate surface area is 99.4 Å². The topological polar surface area (TPSA) is 76.5 Å². The molecule has 1 heterocycles. The predicted octanol–water partition coefficient (Wildman–Crippen LogP) is 0.883. The van der Waals surface area contributed by atoms with E-state index < -0.39 is 23.8 Å². The molecule has 1 rings (SSSR count). The molecule has 2 unspecified atom stereocenters. The highest BCUT2D eigenvalue weighted by Gasteiger charge is 2.34. The Morgan fingerprint density at radius 1 is 1.47 bits per heavy atom. The Balaban J connectivity index is 2.92. The van der Waals surface area contributed by atoms with Crippen LogP contribution in [-0.2, 0) is 14.3 Å². The van der Waals surface area contributed by atoms with Gasteiger partial charge in [-0.15, -0.1) is 0 Å². The summed E-state index contributed by atoms with van der Waals surface area (Å²) in [5.41, 5.74) is 0.278. The number of Topliss-reactive ketones (excluding diaryl/α,β-unsaturated/α-hetero) is 1. The summed E-state index contributed by atoms with van der Waals surface area (Å²) in [6.45, 7) is 3.05. The van der Waals surface area contributed by atoms with Gasteiger partial charge in [0.05, 0.1) is 12.3 Å². The molecule has 0 amide bonds. The van der Waals surface area contributed by atoms with Crippen molar-refractivity contribution in [3.8, 4) is 0 Å². The minimum Gasteiger partial charge on any atom is -0.465 e. The summed E-state index contributed by atoms with van der Waals surface area (Å²) in [4.78, 5) is 26.9. The summed E-state index contributed by atoms with van der Waals surface area (Å²) in [6, 6.07) is 4.91. The number of esters is 1. The minimum atomic E-state index is -1.27. The highest BCUT2D eigenvalue weighted by atomic mass is 16.5. The van der Waals surface area contributed by atoms with E-state index in [0.717, 1.165) is 0 Å². The lowest BCUT2D eigenvalue weighted by molar-refractivity contribution is -0.156. The van der Waals surface area contributed by atoms with E-state index in [4.69, 9.17) is 4.74 Å². The third-order valence-electron chi connectivity index (χ3n) is 2.29. The normalized spacial score (nSPS) is 13.8. The maximum atomic E-state index is 11.6. The fraction of sp³-hybridized carbons (Fsp3) is 0.417. The van der Waals surface area contributed by atoms with E-state index in [1.165, 1.54) is 13.1 Å². The number of carbonyl (C=O) groups excluding carboxylic acids is 2. The lowest BCUT2D eigenvalue weighted by Crippen LogP contribution is -2.30. The second-order valence-electron chi connectivity index (χ2n) is 3.54. The van der Waals surface area contributed by atoms with Gasteiger partial charge in [0.1, 0.15) is 17.8 Å². The first-order valence-electron chi connectivity index (χ1n) is 5.34. The first-order valence-corrected chi connectivity index (χ1v) is 5.34. The lowest BCUT2D eigenvalue weighted by Gasteiger charge is -2.18. The molecule has 0 aliphatic carbocycles. The molecule has 17 heavy (non-hydrogen) atoms. The van der Waals surface area contributed by atoms with Crippen molar-refractivity contribution in [2.75, 3.05) is 6.61 Å². The van der Waals surface area contributed by atoms with E-state index >= 15 is 0 Å². The number of nitrogens with zero attached hydrogens (tertiary/aromatic N) is 1. The summed E-state index contributed by atoms with van der Waals surface area (Å²) in [5.74, 6) is -2.38. The number of ether oxygens (including phenoxy) is 1. The molecule has 0 saturated carbocycles. The number of aromatic nitrogens is 1. The van der Waals surface area contributed by atoms with Gasteiger partial charge < -0.3 is 9.84 Å². The molecule has 5 heteroatoms. The predicted molar refractivity (Wildman–Crippen MR) is 60.0 cm³/mol. The van der Waals surface area contributed by atoms with Crippen LogP contribution in [-0.4, -0.2) is 28.4 Å². The van der Waals surface area contributed by atoms with Crippen LogP contribution in [0.1, 0.15) is 25.6 Å². The molecule has 0 saturated heterocycles. The number of aliphatic hydroxyl groups excluding tert-OH is 1. The van der Waals surface area contributed by atoms with Crippen molar-refractivity contribution < 1.29 is 19.4 Å². The molecule has 0 bridgehead atoms. The van der Waals surface area contributed by atoms with Gasteiger partial charge >= 0.3 is 5.97 Å². The number of ketones is 1. The summed E-state index contributed by atoms with van der Waals surface area (Å²) in [6.07, 6.45) is 0.216. The van der Waals surface area contributed by atoms with Crippen LogP contribution in [0.3, 0.4) is 0 Å². The quantitative estimate of drug-likeness (QED) is 0.607. The van der Waals surface area contributed by atoms with Gasteiger partial charge in [0.15, 0.2) is 0 Å². The molecule has 92 valence electrons. The van der Waals surface area contributed by atoms with E-state index in [2.05, 4.69) is 4.98 Å². The Hall–Kier alpha value is -1.75. The maximum Gasteiger partial charge on any atom is 0.319 e. The molecule has 0 aromatic carbocycles. The fourth-order valence-corrected chi connectivity index (χ4v) is 1.47. The van der Waals surface area contributed by atoms with Crippen molar-refractivity contribution in [3.05, 3.63) is 30.1 Å². The number of carbonyl (C=O) groups is 2. The summed E-state index contributed by atoms with van der Waals surface area (Å²) in [5, 5.41) is 9.96. The number of rotatable bonds is 5. The summed E-state index contributed by atoms with van der Waals surface area (Å²) in [7, 11) is 0. The van der Waals surface area contributed by atoms with E-state index in [1.54, 1.807) is 25.1 Å². The van der Waals surface area contributed by atoms with Crippen LogP contribution in [0.15, 0.2) is 24.4 Å². The lowest BCUT2D eigenvalue weighted by atomic mass is 9.95. The smallest absolute Gasteiger partial charge is 0.319 e. The number of hydrogen-bond acceptors (Lipinski definition) is 5. The number of pyridine rings is 1. The molecular weight excluding hydrogens is 222 g/mol. The second-order valence-corrected chi connectivity index (χ2v) is 3.54. The molecule has 0 aliphatic rings. The van der Waals surface area contributed by atoms with Crippen LogP contribution in [0.4, 0.5) is 0 Å². The largest absolute Gasteiger partial charge is 0.465 e. The Morgan fingerprint density at radius 3 is 2.65 bits per heavy atom. The third-order valence-corrected chi connectivity index (χ3v) is 2.29. The number of aliphatic hydroxyl groups is 1. The van der Waals surface area contributed by atoms with Gasteiger partial charge in [-0.05, 0) is 26.0 Å². The summed E-state index contributed by atoms with van der Waals surface area (Å²) < 4.78 is 4.76. The molecule has 5 nitrogen and oxygen atoms in total. The van der Waals surface area contributed by atoms with Crippen LogP contribution in [0.2, 0.25) is 0 Å². The average molecular weight is 237 g/mol. The fourth-order valence-electron chi connectivity index (χ4n) is 1.47. The zero-order valence-electron chi connectivity index (χ0n) is 9.79. The van der Waals surface area contributed by atoms with Crippen molar-refractivity contribution in [2.24, 2.45) is 5.92 Å². The minimum absolute atomic E-state index is 0.164. The van der Waals surface area contributed by atoms with Gasteiger partial charge in [0.2, 0.25) is 0 Å². The SMILES string of the molecule is CCOC(=O)C(C(C)=O)C(O)c1ccccn1. The first kappa shape index (κ1) is 13.3. The summed E-state index contributed by atoms with van der Waals surface area (Å²) >= 11 is 0. The molecule has 1 aromatic rings. The van der Waals surface area contributed by atoms with Gasteiger partial charge in [-0.3, -0.25) is 14.6 Å². The van der Waals surface area contributed by atoms with Crippen molar-refractivity contribution in [1.82, 2.24) is 4.98 Å². The first-order chi connectivity index (χ1) is 8.07. The third kappa shape index (κ3) is 3.35. The van der Waals surface area contributed by atoms with Crippen LogP contribution in [0.25, 0.3) is 0 Å². The highest BCUT2D eigenvalue weighted by molar-refractivity contribution is 5.98. The zero-order valence-corrected chi connectivity index (χ0v) is 9.79. The van der Waals surface area contributed by atoms with Crippen molar-refractivity contribution >= 4 is 11.8 Å². The Kier molecular flexibility index (Phi) is 4.78. The van der Waals surface area contributed by atoms with Crippen molar-refractivity contribution in [3.63, 3.8) is 0 Å². The van der Waals surface area contributed by atoms with E-state index in [9.17, 15) is 14.7 Å². The molecule has 0 radical (unpaired) electrons. The van der Waals surface area contributed by atoms with E-state index in [0.29, 0.717) is 0 Å². The molecular formula is C12H15NO4. The zero-order chi connectivity index (χ0) is 12.8. The maximum absolute atomic E-state index is 11.6. The molecule has 0 spiro atoms. The van der Waals surface area contributed by atoms with E-state index in [1.807, 2.05) is 0 Å². The van der Waals surface area contributed by atoms with Crippen LogP contribution in [0.5, 0.6) is 0 Å². The van der Waals surface area contributed by atoms with Crippen LogP contribution >= 0.6 is 0 Å². The highest BCUT2D eigenvalue weighted by Crippen LogP contribution is 2.22. The Bertz CT molecular complexity index is 391. The van der Waals surface area contributed by atoms with Crippen molar-refractivity contribution in [1.29, 1.82) is 0 Å². The Morgan fingerprint density at radius 2 is 2.18 bits per heavy atom. The standard InChI is InChI=1S/C12H15NO4/c1-3-17-12(16)10(8(2)14)11(15)9-6-4-5-7-13-9/h4-7,10-11,15H,3H2,1-2H3. The second kappa shape index (κ2) is 6.10. The molecule has 0 fully saturated rings. The van der Waals surface area contributed by atoms with Crippen LogP contribution < -0.4 is 0 Å². The van der Waals surface area contributed by atoms with Crippen molar-refractivity contribution in [2.45, 2.75) is 20.0 Å². The molecule has 2 atom stereocenters. The van der Waals surface area contributed by atoms with Gasteiger partial charge in [-0.25, -0.2) is 0 Å². The molecule has 0 aliphatic heterocycles. The van der Waals surface area contributed by atoms with E-state index in [-0.39, 0.29) is 12.3 Å². The molecule has 1 N–H and O–H groups in total. The van der Waals surface area contributed by atoms with Gasteiger partial charge in [0, 0.05) is 6.20 Å². The monoisotopic (exact) mass is 237 g/mol. The van der Waals surface area contributed by atoms with Crippen LogP contribution in [0, 0.1) is 5.92 Å². The van der Waals surface area contributed by atoms with Gasteiger partial charge in [-0.1, -0.05) is 6.07 Å². The van der Waals surface area contributed by atoms with Gasteiger partial charge in [0.25, 0.3) is 0 Å². The number of hydrogen-bond donors (Lipinski definition) is 1. The molecule has 1 aromatic heterocycles. The average Bonchev–Trinajstić information content (AvgIpc) is 2.30.